The fourth-order valence-electron chi connectivity index (χ4n) is 1.43. The number of likely N-dealkylation sites (tertiary alicyclic amines) is 1. The van der Waals surface area contributed by atoms with Gasteiger partial charge in [-0.2, -0.15) is 0 Å². The average molecular weight is 154 g/mol. The Morgan fingerprint density at radius 2 is 2.36 bits per heavy atom. The van der Waals surface area contributed by atoms with E-state index in [2.05, 4.69) is 11.8 Å². The first-order valence-electron chi connectivity index (χ1n) is 4.36. The van der Waals surface area contributed by atoms with Crippen molar-refractivity contribution in [2.24, 2.45) is 0 Å². The van der Waals surface area contributed by atoms with Crippen LogP contribution in [0.2, 0.25) is 0 Å². The van der Waals surface area contributed by atoms with Gasteiger partial charge in [-0.25, -0.2) is 0 Å². The summed E-state index contributed by atoms with van der Waals surface area (Å²) in [6.45, 7) is 6.61. The van der Waals surface area contributed by atoms with E-state index in [-0.39, 0.29) is 0 Å². The molecule has 0 bridgehead atoms. The molecule has 0 amide bonds. The minimum absolute atomic E-state index is 0.403. The van der Waals surface area contributed by atoms with Crippen LogP contribution in [0.4, 0.5) is 0 Å². The van der Waals surface area contributed by atoms with Gasteiger partial charge in [0.2, 0.25) is 0 Å². The topological polar surface area (TPSA) is 20.3 Å². The molecule has 1 saturated heterocycles. The number of carbonyl (C=O) groups excluding carboxylic acids is 1. The van der Waals surface area contributed by atoms with E-state index in [1.165, 1.54) is 0 Å². The van der Waals surface area contributed by atoms with Gasteiger partial charge in [-0.05, 0) is 25.9 Å². The maximum atomic E-state index is 11.0. The zero-order chi connectivity index (χ0) is 8.10. The first-order valence-corrected chi connectivity index (χ1v) is 4.36. The molecule has 0 saturated carbocycles. The van der Waals surface area contributed by atoms with E-state index in [0.717, 1.165) is 38.8 Å². The van der Waals surface area contributed by atoms with E-state index < -0.39 is 0 Å². The third-order valence-corrected chi connectivity index (χ3v) is 2.05. The molecule has 0 unspecified atom stereocenters. The van der Waals surface area contributed by atoms with Crippen molar-refractivity contribution in [2.45, 2.75) is 25.7 Å². The maximum absolute atomic E-state index is 11.0. The van der Waals surface area contributed by atoms with Crippen LogP contribution >= 0.6 is 0 Å². The van der Waals surface area contributed by atoms with Gasteiger partial charge in [0, 0.05) is 6.42 Å². The molecule has 0 aliphatic carbocycles. The van der Waals surface area contributed by atoms with E-state index >= 15 is 0 Å². The van der Waals surface area contributed by atoms with Crippen molar-refractivity contribution < 1.29 is 4.79 Å². The van der Waals surface area contributed by atoms with E-state index in [1.54, 1.807) is 0 Å². The minimum atomic E-state index is 0.403. The van der Waals surface area contributed by atoms with Gasteiger partial charge in [0.05, 0.1) is 6.54 Å². The van der Waals surface area contributed by atoms with Crippen molar-refractivity contribution in [3.05, 3.63) is 6.92 Å². The molecule has 0 atom stereocenters. The standard InChI is InChI=1S/C9H16NO/c1-2-3-6-10-7-4-5-9(11)8-10/h1-8H2. The molecule has 0 aromatic heterocycles. The number of ketones is 1. The first kappa shape index (κ1) is 8.72. The largest absolute Gasteiger partial charge is 0.298 e. The second-order valence-corrected chi connectivity index (χ2v) is 3.13. The van der Waals surface area contributed by atoms with Gasteiger partial charge in [-0.3, -0.25) is 9.69 Å². The Morgan fingerprint density at radius 3 is 3.00 bits per heavy atom. The molecule has 2 heteroatoms. The number of Topliss-reactive ketones (excluding diaryl/α,β-unsaturated/α-hetero) is 1. The average Bonchev–Trinajstić information content (AvgIpc) is 2.01. The van der Waals surface area contributed by atoms with Crippen LogP contribution in [0.1, 0.15) is 25.7 Å². The lowest BCUT2D eigenvalue weighted by Crippen LogP contribution is -2.36. The number of unbranched alkanes of at least 4 members (excludes halogenated alkanes) is 1. The molecular weight excluding hydrogens is 138 g/mol. The van der Waals surface area contributed by atoms with Crippen molar-refractivity contribution in [1.29, 1.82) is 0 Å². The lowest BCUT2D eigenvalue weighted by atomic mass is 10.1. The molecule has 0 N–H and O–H groups in total. The quantitative estimate of drug-likeness (QED) is 0.610. The zero-order valence-corrected chi connectivity index (χ0v) is 7.01. The zero-order valence-electron chi connectivity index (χ0n) is 7.01. The third kappa shape index (κ3) is 3.02. The molecule has 1 aliphatic rings. The van der Waals surface area contributed by atoms with Gasteiger partial charge in [0.1, 0.15) is 5.78 Å². The van der Waals surface area contributed by atoms with E-state index in [4.69, 9.17) is 0 Å². The second kappa shape index (κ2) is 4.50. The third-order valence-electron chi connectivity index (χ3n) is 2.05. The van der Waals surface area contributed by atoms with Crippen molar-refractivity contribution in [2.75, 3.05) is 19.6 Å². The molecule has 0 aromatic rings. The highest BCUT2D eigenvalue weighted by Crippen LogP contribution is 2.06. The summed E-state index contributed by atoms with van der Waals surface area (Å²) in [5.41, 5.74) is 0. The summed E-state index contributed by atoms with van der Waals surface area (Å²) < 4.78 is 0. The monoisotopic (exact) mass is 154 g/mol. The highest BCUT2D eigenvalue weighted by Gasteiger charge is 2.15. The molecule has 1 radical (unpaired) electrons. The van der Waals surface area contributed by atoms with Gasteiger partial charge >= 0.3 is 0 Å². The van der Waals surface area contributed by atoms with Crippen molar-refractivity contribution >= 4 is 5.78 Å². The van der Waals surface area contributed by atoms with Crippen molar-refractivity contribution in [1.82, 2.24) is 4.90 Å². The Balaban J connectivity index is 2.17. The fourth-order valence-corrected chi connectivity index (χ4v) is 1.43. The van der Waals surface area contributed by atoms with E-state index in [1.807, 2.05) is 0 Å². The molecule has 1 aliphatic heterocycles. The number of nitrogens with zero attached hydrogens (tertiary/aromatic N) is 1. The summed E-state index contributed by atoms with van der Waals surface area (Å²) in [6.07, 6.45) is 3.94. The van der Waals surface area contributed by atoms with E-state index in [0.29, 0.717) is 12.3 Å². The summed E-state index contributed by atoms with van der Waals surface area (Å²) in [5.74, 6) is 0.403. The van der Waals surface area contributed by atoms with Crippen LogP contribution in [0, 0.1) is 6.92 Å². The summed E-state index contributed by atoms with van der Waals surface area (Å²) in [5, 5.41) is 0. The predicted molar refractivity (Wildman–Crippen MR) is 45.3 cm³/mol. The molecule has 1 fully saturated rings. The molecule has 0 spiro atoms. The number of rotatable bonds is 3. The molecule has 1 heterocycles. The fraction of sp³-hybridized carbons (Fsp3) is 0.778. The molecular formula is C9H16NO. The van der Waals surface area contributed by atoms with Crippen LogP contribution in [0.25, 0.3) is 0 Å². The highest BCUT2D eigenvalue weighted by molar-refractivity contribution is 5.81. The van der Waals surface area contributed by atoms with Gasteiger partial charge < -0.3 is 0 Å². The number of hydrogen-bond donors (Lipinski definition) is 0. The van der Waals surface area contributed by atoms with Crippen molar-refractivity contribution in [3.8, 4) is 0 Å². The lowest BCUT2D eigenvalue weighted by Gasteiger charge is -2.24. The van der Waals surface area contributed by atoms with Crippen LogP contribution < -0.4 is 0 Å². The Morgan fingerprint density at radius 1 is 1.55 bits per heavy atom. The predicted octanol–water partition coefficient (Wildman–Crippen LogP) is 1.27. The number of piperidine rings is 1. The minimum Gasteiger partial charge on any atom is -0.298 e. The Hall–Kier alpha value is -0.370. The summed E-state index contributed by atoms with van der Waals surface area (Å²) in [4.78, 5) is 13.2. The SMILES string of the molecule is [CH2]CCCN1CCCC(=O)C1. The van der Waals surface area contributed by atoms with Crippen molar-refractivity contribution in [3.63, 3.8) is 0 Å². The number of hydrogen-bond acceptors (Lipinski definition) is 2. The van der Waals surface area contributed by atoms with Crippen LogP contribution in [-0.2, 0) is 4.79 Å². The van der Waals surface area contributed by atoms with Crippen LogP contribution in [0.3, 0.4) is 0 Å². The Labute approximate surface area is 68.6 Å². The lowest BCUT2D eigenvalue weighted by molar-refractivity contribution is -0.122. The van der Waals surface area contributed by atoms with Crippen LogP contribution in [0.5, 0.6) is 0 Å². The Kier molecular flexibility index (Phi) is 3.57. The van der Waals surface area contributed by atoms with Crippen LogP contribution in [0.15, 0.2) is 0 Å². The van der Waals surface area contributed by atoms with Gasteiger partial charge in [-0.1, -0.05) is 13.3 Å². The van der Waals surface area contributed by atoms with Gasteiger partial charge in [0.25, 0.3) is 0 Å². The first-order chi connectivity index (χ1) is 5.33. The van der Waals surface area contributed by atoms with Gasteiger partial charge in [-0.15, -0.1) is 0 Å². The molecule has 1 rings (SSSR count). The molecule has 0 aromatic carbocycles. The molecule has 11 heavy (non-hydrogen) atoms. The summed E-state index contributed by atoms with van der Waals surface area (Å²) >= 11 is 0. The summed E-state index contributed by atoms with van der Waals surface area (Å²) in [6, 6.07) is 0. The maximum Gasteiger partial charge on any atom is 0.146 e. The molecule has 63 valence electrons. The van der Waals surface area contributed by atoms with Gasteiger partial charge in [0.15, 0.2) is 0 Å². The highest BCUT2D eigenvalue weighted by atomic mass is 16.1. The van der Waals surface area contributed by atoms with E-state index in [9.17, 15) is 4.79 Å². The Bertz CT molecular complexity index is 134. The second-order valence-electron chi connectivity index (χ2n) is 3.13. The molecule has 2 nitrogen and oxygen atoms in total. The summed E-state index contributed by atoms with van der Waals surface area (Å²) in [7, 11) is 0. The van der Waals surface area contributed by atoms with Crippen LogP contribution in [-0.4, -0.2) is 30.3 Å². The number of carbonyl (C=O) groups is 1. The normalized spacial score (nSPS) is 20.6. The smallest absolute Gasteiger partial charge is 0.146 e.